The zero-order chi connectivity index (χ0) is 34.8. The minimum atomic E-state index is -3.29. The Morgan fingerprint density at radius 3 is 2.13 bits per heavy atom. The summed E-state index contributed by atoms with van der Waals surface area (Å²) in [6, 6.07) is -1.50. The molecule has 2 heterocycles. The highest BCUT2D eigenvalue weighted by molar-refractivity contribution is 5.73. The second kappa shape index (κ2) is 18.9. The van der Waals surface area contributed by atoms with Gasteiger partial charge < -0.3 is 54.5 Å². The fraction of sp³-hybridized carbons (Fsp3) is 0.933. The number of aliphatic carboxylic acids is 1. The summed E-state index contributed by atoms with van der Waals surface area (Å²) in [6.07, 6.45) is -19.3. The fourth-order valence-corrected chi connectivity index (χ4v) is 6.28. The number of ether oxygens (including phenoxy) is 5. The van der Waals surface area contributed by atoms with Gasteiger partial charge in [-0.3, -0.25) is 4.79 Å². The van der Waals surface area contributed by atoms with E-state index in [-0.39, 0.29) is 31.6 Å². The van der Waals surface area contributed by atoms with Crippen molar-refractivity contribution in [3.8, 4) is 0 Å². The Bertz CT molecular complexity index is 964. The Morgan fingerprint density at radius 2 is 1.53 bits per heavy atom. The van der Waals surface area contributed by atoms with Gasteiger partial charge in [0.05, 0.1) is 18.8 Å². The average molecular weight is 692 g/mol. The van der Waals surface area contributed by atoms with E-state index < -0.39 is 111 Å². The SMILES string of the molecule is CC(=O)NC1C(O[C@@H](CC2CCCCC2)C(=O)O)[C@@H](O)[C@H](C(F)F)O[C@H]1O[C@H](CCCCC(F)F)COC1O[C@@H](C)C(O)[C@H](O)[C@@H]1O. The first-order valence-electron chi connectivity index (χ1n) is 16.2. The summed E-state index contributed by atoms with van der Waals surface area (Å²) in [5, 5.41) is 53.8. The van der Waals surface area contributed by atoms with Crippen molar-refractivity contribution in [1.29, 1.82) is 0 Å². The zero-order valence-electron chi connectivity index (χ0n) is 26.5. The van der Waals surface area contributed by atoms with Crippen LogP contribution in [0.2, 0.25) is 0 Å². The van der Waals surface area contributed by atoms with Crippen molar-refractivity contribution in [1.82, 2.24) is 5.32 Å². The number of hydrogen-bond acceptors (Lipinski definition) is 11. The number of carbonyl (C=O) groups excluding carboxylic acids is 1. The Morgan fingerprint density at radius 1 is 0.872 bits per heavy atom. The molecule has 0 aromatic rings. The van der Waals surface area contributed by atoms with Gasteiger partial charge in [-0.15, -0.1) is 0 Å². The van der Waals surface area contributed by atoms with Crippen LogP contribution in [-0.2, 0) is 33.3 Å². The predicted octanol–water partition coefficient (Wildman–Crippen LogP) is 1.71. The zero-order valence-corrected chi connectivity index (χ0v) is 26.5. The molecule has 0 spiro atoms. The van der Waals surface area contributed by atoms with Gasteiger partial charge in [-0.25, -0.2) is 22.4 Å². The van der Waals surface area contributed by atoms with E-state index in [2.05, 4.69) is 5.32 Å². The standard InChI is InChI=1S/C30H49F4NO12/c1-14-21(37)22(38)23(39)30(44-14)43-13-17(10-6-7-11-19(31)32)45-29-20(35-15(2)36)25(24(40)26(47-29)27(33)34)46-18(28(41)42)12-16-8-4-3-5-9-16/h14,16-27,29-30,37-40H,3-13H2,1-2H3,(H,35,36)(H,41,42)/t14-,17+,18-,20?,21?,22-,23-,24+,25?,26+,29+,30?/m0/s1. The second-order valence-corrected chi connectivity index (χ2v) is 12.6. The maximum Gasteiger partial charge on any atom is 0.332 e. The molecule has 12 atom stereocenters. The van der Waals surface area contributed by atoms with Crippen LogP contribution < -0.4 is 5.32 Å². The lowest BCUT2D eigenvalue weighted by Gasteiger charge is -2.46. The van der Waals surface area contributed by atoms with Crippen LogP contribution in [0.1, 0.15) is 78.1 Å². The Hall–Kier alpha value is -1.70. The average Bonchev–Trinajstić information content (AvgIpc) is 3.01. The van der Waals surface area contributed by atoms with Gasteiger partial charge in [0.15, 0.2) is 18.7 Å². The molecular formula is C30H49F4NO12. The van der Waals surface area contributed by atoms with E-state index >= 15 is 0 Å². The van der Waals surface area contributed by atoms with Crippen molar-refractivity contribution in [2.24, 2.45) is 5.92 Å². The summed E-state index contributed by atoms with van der Waals surface area (Å²) in [5.41, 5.74) is 0. The summed E-state index contributed by atoms with van der Waals surface area (Å²) < 4.78 is 82.3. The fourth-order valence-electron chi connectivity index (χ4n) is 6.28. The molecule has 3 rings (SSSR count). The van der Waals surface area contributed by atoms with E-state index in [0.29, 0.717) is 0 Å². The minimum Gasteiger partial charge on any atom is -0.479 e. The number of aliphatic hydroxyl groups excluding tert-OH is 4. The van der Waals surface area contributed by atoms with E-state index in [1.807, 2.05) is 0 Å². The molecule has 0 aromatic carbocycles. The van der Waals surface area contributed by atoms with Crippen molar-refractivity contribution in [3.05, 3.63) is 0 Å². The van der Waals surface area contributed by atoms with Crippen LogP contribution in [0.3, 0.4) is 0 Å². The monoisotopic (exact) mass is 691 g/mol. The van der Waals surface area contributed by atoms with Gasteiger partial charge in [-0.2, -0.15) is 0 Å². The maximum absolute atomic E-state index is 14.2. The number of carboxylic acid groups (broad SMARTS) is 1. The summed E-state index contributed by atoms with van der Waals surface area (Å²) in [7, 11) is 0. The number of unbranched alkanes of at least 4 members (excludes halogenated alkanes) is 1. The number of amides is 1. The van der Waals surface area contributed by atoms with E-state index in [1.54, 1.807) is 0 Å². The Balaban J connectivity index is 1.85. The normalized spacial score (nSPS) is 35.1. The number of carboxylic acids is 1. The molecule has 3 fully saturated rings. The lowest BCUT2D eigenvalue weighted by atomic mass is 9.85. The molecule has 1 amide bonds. The van der Waals surface area contributed by atoms with Crippen molar-refractivity contribution in [2.75, 3.05) is 6.61 Å². The number of nitrogens with one attached hydrogen (secondary N) is 1. The number of rotatable bonds is 17. The van der Waals surface area contributed by atoms with Crippen LogP contribution >= 0.6 is 0 Å². The Kier molecular flexibility index (Phi) is 16.0. The first-order valence-corrected chi connectivity index (χ1v) is 16.2. The summed E-state index contributed by atoms with van der Waals surface area (Å²) >= 11 is 0. The first kappa shape index (κ1) is 39.7. The minimum absolute atomic E-state index is 0.00419. The highest BCUT2D eigenvalue weighted by Gasteiger charge is 2.52. The first-order chi connectivity index (χ1) is 22.2. The van der Waals surface area contributed by atoms with E-state index in [9.17, 15) is 52.7 Å². The molecule has 17 heteroatoms. The van der Waals surface area contributed by atoms with E-state index in [0.717, 1.165) is 39.0 Å². The van der Waals surface area contributed by atoms with Gasteiger partial charge in [0, 0.05) is 13.3 Å². The smallest absolute Gasteiger partial charge is 0.332 e. The molecule has 0 radical (unpaired) electrons. The van der Waals surface area contributed by atoms with Crippen molar-refractivity contribution in [2.45, 2.75) is 164 Å². The summed E-state index contributed by atoms with van der Waals surface area (Å²) in [4.78, 5) is 24.5. The molecule has 6 N–H and O–H groups in total. The molecule has 2 saturated heterocycles. The number of halogens is 4. The molecule has 0 bridgehead atoms. The third-order valence-electron chi connectivity index (χ3n) is 8.88. The molecule has 3 aliphatic rings. The highest BCUT2D eigenvalue weighted by atomic mass is 19.3. The summed E-state index contributed by atoms with van der Waals surface area (Å²) in [6.45, 7) is 2.08. The van der Waals surface area contributed by atoms with Crippen molar-refractivity contribution >= 4 is 11.9 Å². The van der Waals surface area contributed by atoms with Gasteiger partial charge in [-0.05, 0) is 32.1 Å². The molecule has 1 aliphatic carbocycles. The predicted molar refractivity (Wildman–Crippen MR) is 153 cm³/mol. The molecule has 4 unspecified atom stereocenters. The van der Waals surface area contributed by atoms with Crippen LogP contribution in [-0.4, -0.2) is 130 Å². The molecule has 0 aromatic heterocycles. The van der Waals surface area contributed by atoms with E-state index in [4.69, 9.17) is 23.7 Å². The molecule has 2 aliphatic heterocycles. The maximum atomic E-state index is 14.2. The number of carbonyl (C=O) groups is 2. The van der Waals surface area contributed by atoms with Crippen molar-refractivity contribution < 1.29 is 76.4 Å². The number of hydrogen-bond donors (Lipinski definition) is 6. The van der Waals surface area contributed by atoms with Gasteiger partial charge in [0.25, 0.3) is 6.43 Å². The Labute approximate surface area is 270 Å². The topological polar surface area (TPSA) is 193 Å². The number of aliphatic hydroxyl groups is 4. The van der Waals surface area contributed by atoms with Crippen LogP contribution in [0.5, 0.6) is 0 Å². The van der Waals surface area contributed by atoms with Gasteiger partial charge in [0.2, 0.25) is 12.3 Å². The van der Waals surface area contributed by atoms with Crippen LogP contribution in [0.4, 0.5) is 17.6 Å². The third-order valence-corrected chi connectivity index (χ3v) is 8.88. The van der Waals surface area contributed by atoms with Gasteiger partial charge in [-0.1, -0.05) is 38.5 Å². The quantitative estimate of drug-likeness (QED) is 0.0957. The molecule has 47 heavy (non-hydrogen) atoms. The van der Waals surface area contributed by atoms with Crippen LogP contribution in [0.25, 0.3) is 0 Å². The van der Waals surface area contributed by atoms with Crippen LogP contribution in [0, 0.1) is 5.92 Å². The molecule has 274 valence electrons. The number of alkyl halides is 4. The third kappa shape index (κ3) is 11.7. The van der Waals surface area contributed by atoms with Gasteiger partial charge in [0.1, 0.15) is 42.7 Å². The molecule has 13 nitrogen and oxygen atoms in total. The molecule has 1 saturated carbocycles. The lowest BCUT2D eigenvalue weighted by Crippen LogP contribution is -2.67. The highest BCUT2D eigenvalue weighted by Crippen LogP contribution is 2.33. The van der Waals surface area contributed by atoms with Crippen LogP contribution in [0.15, 0.2) is 0 Å². The second-order valence-electron chi connectivity index (χ2n) is 12.6. The van der Waals surface area contributed by atoms with Crippen molar-refractivity contribution in [3.63, 3.8) is 0 Å². The largest absolute Gasteiger partial charge is 0.479 e. The summed E-state index contributed by atoms with van der Waals surface area (Å²) in [5.74, 6) is -2.08. The van der Waals surface area contributed by atoms with Gasteiger partial charge >= 0.3 is 5.97 Å². The van der Waals surface area contributed by atoms with E-state index in [1.165, 1.54) is 6.92 Å². The lowest BCUT2D eigenvalue weighted by molar-refractivity contribution is -0.322. The molecular weight excluding hydrogens is 642 g/mol.